The molecule has 1 aromatic heterocycles. The highest BCUT2D eigenvalue weighted by atomic mass is 32.1. The number of para-hydroxylation sites is 1. The van der Waals surface area contributed by atoms with Crippen LogP contribution in [0.25, 0.3) is 0 Å². The van der Waals surface area contributed by atoms with E-state index in [2.05, 4.69) is 17.2 Å². The van der Waals surface area contributed by atoms with Gasteiger partial charge in [-0.2, -0.15) is 0 Å². The van der Waals surface area contributed by atoms with Gasteiger partial charge in [-0.25, -0.2) is 4.39 Å². The van der Waals surface area contributed by atoms with Crippen LogP contribution in [0.5, 0.6) is 0 Å². The van der Waals surface area contributed by atoms with E-state index >= 15 is 0 Å². The Kier molecular flexibility index (Phi) is 5.09. The van der Waals surface area contributed by atoms with Crippen molar-refractivity contribution in [2.24, 2.45) is 0 Å². The van der Waals surface area contributed by atoms with Crippen LogP contribution >= 0.6 is 11.3 Å². The maximum absolute atomic E-state index is 13.7. The van der Waals surface area contributed by atoms with Gasteiger partial charge in [0.15, 0.2) is 0 Å². The summed E-state index contributed by atoms with van der Waals surface area (Å²) in [6.45, 7) is 1.75. The van der Waals surface area contributed by atoms with Crippen LogP contribution in [0.3, 0.4) is 0 Å². The predicted octanol–water partition coefficient (Wildman–Crippen LogP) is 3.18. The van der Waals surface area contributed by atoms with E-state index in [9.17, 15) is 9.18 Å². The third-order valence-electron chi connectivity index (χ3n) is 2.77. The quantitative estimate of drug-likeness (QED) is 0.856. The summed E-state index contributed by atoms with van der Waals surface area (Å²) >= 11 is 1.34. The summed E-state index contributed by atoms with van der Waals surface area (Å²) < 4.78 is 13.7. The van der Waals surface area contributed by atoms with Crippen LogP contribution in [-0.2, 0) is 0 Å². The molecular weight excluding hydrogens is 289 g/mol. The van der Waals surface area contributed by atoms with Crippen molar-refractivity contribution in [2.45, 2.75) is 13.3 Å². The van der Waals surface area contributed by atoms with E-state index in [0.29, 0.717) is 17.5 Å². The molecule has 1 aromatic carbocycles. The summed E-state index contributed by atoms with van der Waals surface area (Å²) in [5, 5.41) is 12.9. The minimum atomic E-state index is -0.457. The molecule has 2 N–H and O–H groups in total. The third-order valence-corrected chi connectivity index (χ3v) is 3.62. The summed E-state index contributed by atoms with van der Waals surface area (Å²) in [5.41, 5.74) is 1.30. The number of anilines is 1. The number of aryl methyl sites for hydroxylation is 1. The molecule has 0 atom stereocenters. The number of hydrogen-bond donors (Lipinski definition) is 2. The molecule has 0 spiro atoms. The first-order valence-corrected chi connectivity index (χ1v) is 7.24. The summed E-state index contributed by atoms with van der Waals surface area (Å²) in [6.07, 6.45) is 0.397. The van der Waals surface area contributed by atoms with Crippen molar-refractivity contribution in [3.8, 4) is 11.8 Å². The molecule has 108 valence electrons. The van der Waals surface area contributed by atoms with E-state index < -0.39 is 5.82 Å². The fourth-order valence-corrected chi connectivity index (χ4v) is 2.46. The van der Waals surface area contributed by atoms with Gasteiger partial charge < -0.3 is 10.4 Å². The largest absolute Gasteiger partial charge is 0.395 e. The Balaban J connectivity index is 2.13. The van der Waals surface area contributed by atoms with Crippen LogP contribution in [0, 0.1) is 24.6 Å². The van der Waals surface area contributed by atoms with Gasteiger partial charge in [-0.05, 0) is 24.6 Å². The van der Waals surface area contributed by atoms with Gasteiger partial charge in [-0.1, -0.05) is 24.0 Å². The normalized spacial score (nSPS) is 9.86. The number of rotatable bonds is 3. The van der Waals surface area contributed by atoms with E-state index in [1.165, 1.54) is 17.4 Å². The lowest BCUT2D eigenvalue weighted by Gasteiger charge is -2.08. The second-order valence-corrected chi connectivity index (χ2v) is 5.27. The zero-order valence-corrected chi connectivity index (χ0v) is 12.3. The summed E-state index contributed by atoms with van der Waals surface area (Å²) in [6, 6.07) is 6.29. The Morgan fingerprint density at radius 1 is 1.48 bits per heavy atom. The van der Waals surface area contributed by atoms with Crippen molar-refractivity contribution < 1.29 is 14.3 Å². The fourth-order valence-electron chi connectivity index (χ4n) is 1.70. The SMILES string of the molecule is Cc1cccc(F)c1NC(=O)c1csc(C#CCCO)c1. The second-order valence-electron chi connectivity index (χ2n) is 4.36. The zero-order valence-electron chi connectivity index (χ0n) is 11.4. The van der Waals surface area contributed by atoms with Gasteiger partial charge >= 0.3 is 0 Å². The van der Waals surface area contributed by atoms with Gasteiger partial charge in [0.1, 0.15) is 5.82 Å². The van der Waals surface area contributed by atoms with Crippen molar-refractivity contribution >= 4 is 22.9 Å². The Hall–Kier alpha value is -2.16. The zero-order chi connectivity index (χ0) is 15.2. The van der Waals surface area contributed by atoms with Gasteiger partial charge in [-0.15, -0.1) is 11.3 Å². The number of thiophene rings is 1. The number of halogens is 1. The predicted molar refractivity (Wildman–Crippen MR) is 82.0 cm³/mol. The van der Waals surface area contributed by atoms with E-state index in [0.717, 1.165) is 4.88 Å². The fraction of sp³-hybridized carbons (Fsp3) is 0.188. The molecule has 3 nitrogen and oxygen atoms in total. The molecule has 0 unspecified atom stereocenters. The van der Waals surface area contributed by atoms with Crippen LogP contribution < -0.4 is 5.32 Å². The first-order valence-electron chi connectivity index (χ1n) is 6.36. The van der Waals surface area contributed by atoms with Crippen molar-refractivity contribution in [1.29, 1.82) is 0 Å². The van der Waals surface area contributed by atoms with Crippen molar-refractivity contribution in [3.05, 3.63) is 51.5 Å². The molecule has 1 amide bonds. The highest BCUT2D eigenvalue weighted by molar-refractivity contribution is 7.10. The summed E-state index contributed by atoms with van der Waals surface area (Å²) in [4.78, 5) is 12.8. The molecule has 0 aliphatic heterocycles. The first-order chi connectivity index (χ1) is 10.1. The average molecular weight is 303 g/mol. The Morgan fingerprint density at radius 3 is 3.00 bits per heavy atom. The van der Waals surface area contributed by atoms with Gasteiger partial charge in [0.2, 0.25) is 0 Å². The van der Waals surface area contributed by atoms with Crippen LogP contribution in [0.4, 0.5) is 10.1 Å². The average Bonchev–Trinajstić information content (AvgIpc) is 2.92. The number of hydrogen-bond acceptors (Lipinski definition) is 3. The summed E-state index contributed by atoms with van der Waals surface area (Å²) in [5.74, 6) is 4.83. The molecular formula is C16H14FNO2S. The molecule has 0 saturated carbocycles. The van der Waals surface area contributed by atoms with E-state index in [1.54, 1.807) is 30.5 Å². The minimum absolute atomic E-state index is 0.0122. The molecule has 0 aliphatic rings. The van der Waals surface area contributed by atoms with Crippen LogP contribution in [0.2, 0.25) is 0 Å². The number of nitrogens with one attached hydrogen (secondary N) is 1. The maximum atomic E-state index is 13.7. The smallest absolute Gasteiger partial charge is 0.256 e. The van der Waals surface area contributed by atoms with E-state index in [4.69, 9.17) is 5.11 Å². The standard InChI is InChI=1S/C16H14FNO2S/c1-11-5-4-7-14(17)15(11)18-16(20)12-9-13(21-10-12)6-2-3-8-19/h4-5,7,9-10,19H,3,8H2,1H3,(H,18,20). The first kappa shape index (κ1) is 15.2. The molecule has 0 fully saturated rings. The molecule has 1 heterocycles. The van der Waals surface area contributed by atoms with Crippen LogP contribution in [0.1, 0.15) is 27.2 Å². The third kappa shape index (κ3) is 3.91. The number of aliphatic hydroxyl groups excluding tert-OH is 1. The molecule has 21 heavy (non-hydrogen) atoms. The molecule has 0 bridgehead atoms. The number of amides is 1. The number of aliphatic hydroxyl groups is 1. The van der Waals surface area contributed by atoms with Gasteiger partial charge in [-0.3, -0.25) is 4.79 Å². The van der Waals surface area contributed by atoms with Crippen LogP contribution in [0.15, 0.2) is 29.6 Å². The van der Waals surface area contributed by atoms with Crippen molar-refractivity contribution in [2.75, 3.05) is 11.9 Å². The van der Waals surface area contributed by atoms with Gasteiger partial charge in [0.05, 0.1) is 22.7 Å². The highest BCUT2D eigenvalue weighted by Crippen LogP contribution is 2.21. The summed E-state index contributed by atoms with van der Waals surface area (Å²) in [7, 11) is 0. The number of carbonyl (C=O) groups excluding carboxylic acids is 1. The van der Waals surface area contributed by atoms with Crippen molar-refractivity contribution in [1.82, 2.24) is 0 Å². The monoisotopic (exact) mass is 303 g/mol. The molecule has 0 aliphatic carbocycles. The van der Waals surface area contributed by atoms with Crippen molar-refractivity contribution in [3.63, 3.8) is 0 Å². The molecule has 2 rings (SSSR count). The second kappa shape index (κ2) is 7.02. The topological polar surface area (TPSA) is 49.3 Å². The maximum Gasteiger partial charge on any atom is 0.256 e. The lowest BCUT2D eigenvalue weighted by Crippen LogP contribution is -2.13. The Labute approximate surface area is 126 Å². The lowest BCUT2D eigenvalue weighted by atomic mass is 10.2. The van der Waals surface area contributed by atoms with Gasteiger partial charge in [0.25, 0.3) is 5.91 Å². The minimum Gasteiger partial charge on any atom is -0.395 e. The Bertz CT molecular complexity index is 692. The molecule has 5 heteroatoms. The van der Waals surface area contributed by atoms with E-state index in [1.807, 2.05) is 0 Å². The molecule has 2 aromatic rings. The number of benzene rings is 1. The van der Waals surface area contributed by atoms with Gasteiger partial charge in [0, 0.05) is 11.8 Å². The lowest BCUT2D eigenvalue weighted by molar-refractivity contribution is 0.102. The number of carbonyl (C=O) groups is 1. The highest BCUT2D eigenvalue weighted by Gasteiger charge is 2.12. The van der Waals surface area contributed by atoms with E-state index in [-0.39, 0.29) is 18.2 Å². The molecule has 0 radical (unpaired) electrons. The molecule has 0 saturated heterocycles. The Morgan fingerprint density at radius 2 is 2.29 bits per heavy atom. The van der Waals surface area contributed by atoms with Crippen LogP contribution in [-0.4, -0.2) is 17.6 Å².